The monoisotopic (exact) mass is 391 g/mol. The minimum Gasteiger partial charge on any atom is -0.376 e. The Morgan fingerprint density at radius 1 is 0.964 bits per heavy atom. The van der Waals surface area contributed by atoms with Gasteiger partial charge >= 0.3 is 0 Å². The number of nitrogens with one attached hydrogen (secondary N) is 1. The van der Waals surface area contributed by atoms with Gasteiger partial charge in [0.2, 0.25) is 0 Å². The van der Waals surface area contributed by atoms with Crippen molar-refractivity contribution in [2.75, 3.05) is 13.2 Å². The minimum absolute atomic E-state index is 0.102. The third kappa shape index (κ3) is 4.27. The van der Waals surface area contributed by atoms with Crippen molar-refractivity contribution in [3.05, 3.63) is 83.4 Å². The highest BCUT2D eigenvalue weighted by Gasteiger charge is 2.17. The summed E-state index contributed by atoms with van der Waals surface area (Å²) in [5, 5.41) is 3.59. The third-order valence-electron chi connectivity index (χ3n) is 5.05. The molecule has 1 unspecified atom stereocenters. The summed E-state index contributed by atoms with van der Waals surface area (Å²) in [5.74, 6) is -0.102. The Bertz CT molecular complexity index is 948. The highest BCUT2D eigenvalue weighted by Crippen LogP contribution is 2.31. The van der Waals surface area contributed by atoms with Crippen LogP contribution < -0.4 is 5.32 Å². The fourth-order valence-corrected chi connectivity index (χ4v) is 3.70. The molecule has 1 aliphatic rings. The molecule has 3 aromatic rings. The molecule has 3 nitrogen and oxygen atoms in total. The van der Waals surface area contributed by atoms with E-state index in [0.717, 1.165) is 36.1 Å². The lowest BCUT2D eigenvalue weighted by Gasteiger charge is -2.12. The lowest BCUT2D eigenvalue weighted by atomic mass is 9.99. The van der Waals surface area contributed by atoms with Crippen molar-refractivity contribution in [2.24, 2.45) is 0 Å². The average Bonchev–Trinajstić information content (AvgIpc) is 3.27. The van der Waals surface area contributed by atoms with Gasteiger partial charge in [0.05, 0.1) is 6.10 Å². The van der Waals surface area contributed by atoms with Gasteiger partial charge in [0, 0.05) is 29.3 Å². The van der Waals surface area contributed by atoms with E-state index in [0.29, 0.717) is 17.1 Å². The van der Waals surface area contributed by atoms with Gasteiger partial charge in [0.1, 0.15) is 0 Å². The van der Waals surface area contributed by atoms with E-state index in [4.69, 9.17) is 16.3 Å². The van der Waals surface area contributed by atoms with Crippen LogP contribution in [0.2, 0.25) is 5.02 Å². The van der Waals surface area contributed by atoms with E-state index >= 15 is 0 Å². The van der Waals surface area contributed by atoms with Crippen molar-refractivity contribution in [3.8, 4) is 22.3 Å². The molecule has 0 aromatic heterocycles. The topological polar surface area (TPSA) is 38.3 Å². The van der Waals surface area contributed by atoms with Crippen LogP contribution in [0.4, 0.5) is 0 Å². The zero-order valence-corrected chi connectivity index (χ0v) is 16.3. The van der Waals surface area contributed by atoms with Crippen LogP contribution in [0.15, 0.2) is 72.8 Å². The maximum Gasteiger partial charge on any atom is 0.251 e. The number of carbonyl (C=O) groups excluding carboxylic acids is 1. The molecule has 4 rings (SSSR count). The first kappa shape index (κ1) is 18.7. The Morgan fingerprint density at radius 3 is 2.39 bits per heavy atom. The first-order valence-corrected chi connectivity index (χ1v) is 9.94. The summed E-state index contributed by atoms with van der Waals surface area (Å²) < 4.78 is 5.56. The van der Waals surface area contributed by atoms with E-state index in [1.807, 2.05) is 36.4 Å². The molecule has 0 radical (unpaired) electrons. The largest absolute Gasteiger partial charge is 0.376 e. The van der Waals surface area contributed by atoms with Gasteiger partial charge in [-0.25, -0.2) is 0 Å². The molecule has 1 amide bonds. The second kappa shape index (κ2) is 8.59. The standard InChI is InChI=1S/C24H22ClNO2/c25-23-13-12-20(24(27)26-16-21-7-4-14-28-21)15-22(23)19-10-8-18(9-11-19)17-5-2-1-3-6-17/h1-3,5-6,8-13,15,21H,4,7,14,16H2,(H,26,27). The first-order valence-electron chi connectivity index (χ1n) is 9.56. The third-order valence-corrected chi connectivity index (χ3v) is 5.38. The van der Waals surface area contributed by atoms with Crippen LogP contribution in [0, 0.1) is 0 Å². The van der Waals surface area contributed by atoms with Gasteiger partial charge in [-0.05, 0) is 47.7 Å². The summed E-state index contributed by atoms with van der Waals surface area (Å²) in [6, 6.07) is 23.8. The summed E-state index contributed by atoms with van der Waals surface area (Å²) in [6.45, 7) is 1.33. The normalized spacial score (nSPS) is 16.1. The molecule has 1 heterocycles. The number of hydrogen-bond donors (Lipinski definition) is 1. The van der Waals surface area contributed by atoms with E-state index in [1.165, 1.54) is 5.56 Å². The summed E-state index contributed by atoms with van der Waals surface area (Å²) >= 11 is 6.42. The molecule has 0 bridgehead atoms. The first-order chi connectivity index (χ1) is 13.7. The molecule has 1 saturated heterocycles. The molecule has 28 heavy (non-hydrogen) atoms. The number of halogens is 1. The van der Waals surface area contributed by atoms with Crippen molar-refractivity contribution in [2.45, 2.75) is 18.9 Å². The van der Waals surface area contributed by atoms with Gasteiger partial charge in [0.25, 0.3) is 5.91 Å². The minimum atomic E-state index is -0.102. The molecule has 1 fully saturated rings. The molecule has 0 spiro atoms. The lowest BCUT2D eigenvalue weighted by molar-refractivity contribution is 0.0858. The molecule has 142 valence electrons. The van der Waals surface area contributed by atoms with Gasteiger partial charge in [0.15, 0.2) is 0 Å². The molecule has 3 aromatic carbocycles. The number of amides is 1. The highest BCUT2D eigenvalue weighted by molar-refractivity contribution is 6.33. The number of rotatable bonds is 5. The second-order valence-electron chi connectivity index (χ2n) is 6.98. The van der Waals surface area contributed by atoms with Crippen LogP contribution in [0.1, 0.15) is 23.2 Å². The summed E-state index contributed by atoms with van der Waals surface area (Å²) in [6.07, 6.45) is 2.19. The molecule has 1 N–H and O–H groups in total. The molecule has 1 aliphatic heterocycles. The second-order valence-corrected chi connectivity index (χ2v) is 7.39. The summed E-state index contributed by atoms with van der Waals surface area (Å²) in [5.41, 5.74) is 4.75. The Labute approximate surface area is 170 Å². The van der Waals surface area contributed by atoms with Crippen LogP contribution in [-0.2, 0) is 4.74 Å². The zero-order chi connectivity index (χ0) is 19.3. The molecule has 1 atom stereocenters. The molecule has 0 aliphatic carbocycles. The molecule has 0 saturated carbocycles. The van der Waals surface area contributed by atoms with Gasteiger partial charge in [-0.1, -0.05) is 66.2 Å². The van der Waals surface area contributed by atoms with Crippen molar-refractivity contribution in [1.82, 2.24) is 5.32 Å². The van der Waals surface area contributed by atoms with Crippen molar-refractivity contribution in [3.63, 3.8) is 0 Å². The van der Waals surface area contributed by atoms with Gasteiger partial charge in [-0.3, -0.25) is 4.79 Å². The van der Waals surface area contributed by atoms with Crippen LogP contribution >= 0.6 is 11.6 Å². The van der Waals surface area contributed by atoms with Crippen molar-refractivity contribution >= 4 is 17.5 Å². The number of carbonyl (C=O) groups is 1. The van der Waals surface area contributed by atoms with Gasteiger partial charge in [-0.2, -0.15) is 0 Å². The SMILES string of the molecule is O=C(NCC1CCCO1)c1ccc(Cl)c(-c2ccc(-c3ccccc3)cc2)c1. The van der Waals surface area contributed by atoms with E-state index < -0.39 is 0 Å². The number of hydrogen-bond acceptors (Lipinski definition) is 2. The van der Waals surface area contributed by atoms with Crippen molar-refractivity contribution in [1.29, 1.82) is 0 Å². The van der Waals surface area contributed by atoms with E-state index in [-0.39, 0.29) is 12.0 Å². The Hall–Kier alpha value is -2.62. The van der Waals surface area contributed by atoms with Crippen molar-refractivity contribution < 1.29 is 9.53 Å². The lowest BCUT2D eigenvalue weighted by Crippen LogP contribution is -2.31. The van der Waals surface area contributed by atoms with E-state index in [2.05, 4.69) is 29.6 Å². The Kier molecular flexibility index (Phi) is 5.75. The fourth-order valence-electron chi connectivity index (χ4n) is 3.47. The van der Waals surface area contributed by atoms with Crippen LogP contribution in [-0.4, -0.2) is 25.2 Å². The van der Waals surface area contributed by atoms with Crippen LogP contribution in [0.5, 0.6) is 0 Å². The Balaban J connectivity index is 1.52. The highest BCUT2D eigenvalue weighted by atomic mass is 35.5. The predicted octanol–water partition coefficient (Wildman–Crippen LogP) is 5.58. The van der Waals surface area contributed by atoms with E-state index in [1.54, 1.807) is 12.1 Å². The zero-order valence-electron chi connectivity index (χ0n) is 15.5. The average molecular weight is 392 g/mol. The van der Waals surface area contributed by atoms with E-state index in [9.17, 15) is 4.79 Å². The van der Waals surface area contributed by atoms with Gasteiger partial charge in [-0.15, -0.1) is 0 Å². The maximum atomic E-state index is 12.5. The maximum absolute atomic E-state index is 12.5. The fraction of sp³-hybridized carbons (Fsp3) is 0.208. The summed E-state index contributed by atoms with van der Waals surface area (Å²) in [4.78, 5) is 12.5. The molecular formula is C24H22ClNO2. The van der Waals surface area contributed by atoms with Crippen LogP contribution in [0.25, 0.3) is 22.3 Å². The quantitative estimate of drug-likeness (QED) is 0.616. The van der Waals surface area contributed by atoms with Crippen LogP contribution in [0.3, 0.4) is 0 Å². The predicted molar refractivity (Wildman–Crippen MR) is 114 cm³/mol. The Morgan fingerprint density at radius 2 is 1.68 bits per heavy atom. The van der Waals surface area contributed by atoms with Gasteiger partial charge < -0.3 is 10.1 Å². The number of benzene rings is 3. The summed E-state index contributed by atoms with van der Waals surface area (Å²) in [7, 11) is 0. The molecule has 4 heteroatoms. The smallest absolute Gasteiger partial charge is 0.251 e. The molecular weight excluding hydrogens is 370 g/mol. The number of ether oxygens (including phenoxy) is 1.